The van der Waals surface area contributed by atoms with Crippen molar-refractivity contribution in [2.75, 3.05) is 52.8 Å². The van der Waals surface area contributed by atoms with Gasteiger partial charge in [0.25, 0.3) is 0 Å². The maximum Gasteiger partial charge on any atom is 0.314 e. The minimum absolute atomic E-state index is 0.0949. The van der Waals surface area contributed by atoms with Gasteiger partial charge in [-0.15, -0.1) is 0 Å². The Labute approximate surface area is 200 Å². The first-order valence-electron chi connectivity index (χ1n) is 11.2. The SMILES string of the molecule is CNC(=O)NC(C)Cc1cc(OC)c(OC)cc1C(=N)c1ccc(N2CCN(C)C(=O)C2)cc1. The lowest BCUT2D eigenvalue weighted by molar-refractivity contribution is -0.129. The third kappa shape index (κ3) is 5.59. The first-order valence-corrected chi connectivity index (χ1v) is 11.2. The number of benzene rings is 2. The van der Waals surface area contributed by atoms with Crippen LogP contribution in [0.15, 0.2) is 36.4 Å². The summed E-state index contributed by atoms with van der Waals surface area (Å²) < 4.78 is 10.9. The third-order valence-electron chi connectivity index (χ3n) is 5.99. The van der Waals surface area contributed by atoms with E-state index in [1.807, 2.05) is 49.2 Å². The van der Waals surface area contributed by atoms with Gasteiger partial charge in [-0.2, -0.15) is 0 Å². The summed E-state index contributed by atoms with van der Waals surface area (Å²) in [6.45, 7) is 3.72. The maximum atomic E-state index is 12.1. The second-order valence-electron chi connectivity index (χ2n) is 8.35. The maximum absolute atomic E-state index is 12.1. The Morgan fingerprint density at radius 1 is 1.12 bits per heavy atom. The molecule has 182 valence electrons. The number of nitrogens with zero attached hydrogens (tertiary/aromatic N) is 2. The minimum Gasteiger partial charge on any atom is -0.493 e. The number of carbonyl (C=O) groups excluding carboxylic acids is 2. The van der Waals surface area contributed by atoms with E-state index in [0.29, 0.717) is 42.3 Å². The van der Waals surface area contributed by atoms with E-state index in [0.717, 1.165) is 23.4 Å². The van der Waals surface area contributed by atoms with Crippen LogP contribution in [-0.2, 0) is 11.2 Å². The van der Waals surface area contributed by atoms with Crippen LogP contribution in [0, 0.1) is 5.41 Å². The molecule has 3 N–H and O–H groups in total. The predicted molar refractivity (Wildman–Crippen MR) is 133 cm³/mol. The molecule has 3 rings (SSSR count). The monoisotopic (exact) mass is 467 g/mol. The average molecular weight is 468 g/mol. The van der Waals surface area contributed by atoms with Crippen LogP contribution in [0.1, 0.15) is 23.6 Å². The molecule has 1 atom stereocenters. The molecule has 0 saturated carbocycles. The molecule has 0 spiro atoms. The number of rotatable bonds is 8. The highest BCUT2D eigenvalue weighted by Gasteiger charge is 2.22. The predicted octanol–water partition coefficient (Wildman–Crippen LogP) is 2.26. The molecule has 0 aliphatic carbocycles. The van der Waals surface area contributed by atoms with Crippen LogP contribution in [0.2, 0.25) is 0 Å². The fraction of sp³-hybridized carbons (Fsp3) is 0.400. The largest absolute Gasteiger partial charge is 0.493 e. The summed E-state index contributed by atoms with van der Waals surface area (Å²) in [6, 6.07) is 10.9. The highest BCUT2D eigenvalue weighted by Crippen LogP contribution is 2.32. The molecule has 0 radical (unpaired) electrons. The van der Waals surface area contributed by atoms with Crippen molar-refractivity contribution in [3.63, 3.8) is 0 Å². The van der Waals surface area contributed by atoms with Gasteiger partial charge in [0, 0.05) is 50.0 Å². The van der Waals surface area contributed by atoms with Gasteiger partial charge >= 0.3 is 6.03 Å². The molecule has 2 aromatic rings. The smallest absolute Gasteiger partial charge is 0.314 e. The van der Waals surface area contributed by atoms with Crippen molar-refractivity contribution in [2.24, 2.45) is 0 Å². The number of hydrogen-bond donors (Lipinski definition) is 3. The molecule has 9 nitrogen and oxygen atoms in total. The Kier molecular flexibility index (Phi) is 7.99. The zero-order chi connectivity index (χ0) is 24.8. The molecular formula is C25H33N5O4. The number of nitrogens with one attached hydrogen (secondary N) is 3. The summed E-state index contributed by atoms with van der Waals surface area (Å²) in [7, 11) is 6.52. The van der Waals surface area contributed by atoms with E-state index in [9.17, 15) is 9.59 Å². The lowest BCUT2D eigenvalue weighted by Gasteiger charge is -2.33. The van der Waals surface area contributed by atoms with Crippen LogP contribution in [0.3, 0.4) is 0 Å². The molecule has 3 amide bonds. The van der Waals surface area contributed by atoms with E-state index < -0.39 is 0 Å². The molecule has 1 fully saturated rings. The number of urea groups is 1. The molecular weight excluding hydrogens is 434 g/mol. The topological polar surface area (TPSA) is 107 Å². The fourth-order valence-corrected chi connectivity index (χ4v) is 3.97. The summed E-state index contributed by atoms with van der Waals surface area (Å²) in [5.74, 6) is 1.19. The van der Waals surface area contributed by atoms with Crippen LogP contribution < -0.4 is 25.0 Å². The number of carbonyl (C=O) groups is 2. The molecule has 0 aromatic heterocycles. The van der Waals surface area contributed by atoms with E-state index in [1.54, 1.807) is 32.2 Å². The Hall–Kier alpha value is -3.75. The number of hydrogen-bond acceptors (Lipinski definition) is 6. The minimum atomic E-state index is -0.261. The van der Waals surface area contributed by atoms with Gasteiger partial charge in [-0.1, -0.05) is 12.1 Å². The van der Waals surface area contributed by atoms with E-state index >= 15 is 0 Å². The highest BCUT2D eigenvalue weighted by molar-refractivity contribution is 6.12. The number of ether oxygens (including phenoxy) is 2. The van der Waals surface area contributed by atoms with E-state index in [2.05, 4.69) is 10.6 Å². The van der Waals surface area contributed by atoms with E-state index in [-0.39, 0.29) is 18.0 Å². The molecule has 2 aromatic carbocycles. The number of methoxy groups -OCH3 is 2. The van der Waals surface area contributed by atoms with Gasteiger partial charge in [-0.25, -0.2) is 4.79 Å². The second kappa shape index (κ2) is 10.9. The molecule has 9 heteroatoms. The van der Waals surface area contributed by atoms with Crippen molar-refractivity contribution in [3.8, 4) is 11.5 Å². The van der Waals surface area contributed by atoms with E-state index in [1.165, 1.54) is 0 Å². The molecule has 1 aliphatic heterocycles. The molecule has 0 bridgehead atoms. The standard InChI is InChI=1S/C25H33N5O4/c1-16(28-25(32)27-2)12-18-13-21(33-4)22(34-5)14-20(18)24(26)17-6-8-19(9-7-17)30-11-10-29(3)23(31)15-30/h6-9,13-14,16,26H,10-12,15H2,1-5H3,(H2,27,28,32). The Morgan fingerprint density at radius 3 is 2.35 bits per heavy atom. The lowest BCUT2D eigenvalue weighted by Crippen LogP contribution is -2.48. The van der Waals surface area contributed by atoms with Gasteiger partial charge in [0.15, 0.2) is 11.5 Å². The van der Waals surface area contributed by atoms with Crippen molar-refractivity contribution < 1.29 is 19.1 Å². The molecule has 34 heavy (non-hydrogen) atoms. The molecule has 1 saturated heterocycles. The van der Waals surface area contributed by atoms with Crippen LogP contribution >= 0.6 is 0 Å². The number of likely N-dealkylation sites (N-methyl/N-ethyl adjacent to an activating group) is 1. The van der Waals surface area contributed by atoms with E-state index in [4.69, 9.17) is 14.9 Å². The van der Waals surface area contributed by atoms with Crippen molar-refractivity contribution >= 4 is 23.3 Å². The van der Waals surface area contributed by atoms with Crippen molar-refractivity contribution in [2.45, 2.75) is 19.4 Å². The van der Waals surface area contributed by atoms with Crippen LogP contribution in [0.4, 0.5) is 10.5 Å². The lowest BCUT2D eigenvalue weighted by atomic mass is 9.93. The number of anilines is 1. The molecule has 1 unspecified atom stereocenters. The third-order valence-corrected chi connectivity index (χ3v) is 5.99. The molecule has 1 heterocycles. The van der Waals surface area contributed by atoms with Crippen LogP contribution in [-0.4, -0.2) is 76.5 Å². The zero-order valence-electron chi connectivity index (χ0n) is 20.4. The van der Waals surface area contributed by atoms with Crippen LogP contribution in [0.25, 0.3) is 0 Å². The van der Waals surface area contributed by atoms with Gasteiger partial charge < -0.3 is 29.9 Å². The highest BCUT2D eigenvalue weighted by atomic mass is 16.5. The van der Waals surface area contributed by atoms with Crippen molar-refractivity contribution in [1.29, 1.82) is 5.41 Å². The second-order valence-corrected chi connectivity index (χ2v) is 8.35. The first kappa shape index (κ1) is 24.9. The van der Waals surface area contributed by atoms with Gasteiger partial charge in [0.2, 0.25) is 5.91 Å². The first-order chi connectivity index (χ1) is 16.3. The summed E-state index contributed by atoms with van der Waals surface area (Å²) >= 11 is 0. The quantitative estimate of drug-likeness (QED) is 0.517. The summed E-state index contributed by atoms with van der Waals surface area (Å²) in [4.78, 5) is 27.6. The van der Waals surface area contributed by atoms with Crippen molar-refractivity contribution in [3.05, 3.63) is 53.1 Å². The Bertz CT molecular complexity index is 1050. The number of amides is 3. The van der Waals surface area contributed by atoms with Crippen LogP contribution in [0.5, 0.6) is 11.5 Å². The Balaban J connectivity index is 1.88. The summed E-state index contributed by atoms with van der Waals surface area (Å²) in [6.07, 6.45) is 0.507. The molecule has 1 aliphatic rings. The van der Waals surface area contributed by atoms with Gasteiger partial charge in [-0.05, 0) is 43.2 Å². The number of piperazine rings is 1. The van der Waals surface area contributed by atoms with Gasteiger partial charge in [0.1, 0.15) is 0 Å². The summed E-state index contributed by atoms with van der Waals surface area (Å²) in [5, 5.41) is 14.4. The summed E-state index contributed by atoms with van der Waals surface area (Å²) in [5.41, 5.74) is 3.59. The average Bonchev–Trinajstić information content (AvgIpc) is 2.84. The zero-order valence-corrected chi connectivity index (χ0v) is 20.4. The van der Waals surface area contributed by atoms with Gasteiger partial charge in [0.05, 0.1) is 26.5 Å². The fourth-order valence-electron chi connectivity index (χ4n) is 3.97. The van der Waals surface area contributed by atoms with Crippen molar-refractivity contribution in [1.82, 2.24) is 15.5 Å². The normalized spacial score (nSPS) is 14.4. The van der Waals surface area contributed by atoms with Gasteiger partial charge in [-0.3, -0.25) is 10.2 Å². The Morgan fingerprint density at radius 2 is 1.76 bits per heavy atom.